The number of rotatable bonds is 5. The zero-order chi connectivity index (χ0) is 15.4. The topological polar surface area (TPSA) is 32.7 Å². The molecule has 1 aliphatic rings. The van der Waals surface area contributed by atoms with Gasteiger partial charge in [-0.15, -0.1) is 0 Å². The van der Waals surface area contributed by atoms with E-state index in [-0.39, 0.29) is 5.75 Å². The van der Waals surface area contributed by atoms with E-state index >= 15 is 0 Å². The number of methoxy groups -OCH3 is 1. The van der Waals surface area contributed by atoms with Gasteiger partial charge in [-0.25, -0.2) is 0 Å². The van der Waals surface area contributed by atoms with Crippen LogP contribution in [0.5, 0.6) is 11.5 Å². The van der Waals surface area contributed by atoms with Gasteiger partial charge in [0.2, 0.25) is 0 Å². The molecule has 0 spiro atoms. The first-order valence-electron chi connectivity index (χ1n) is 7.80. The van der Waals surface area contributed by atoms with E-state index in [1.54, 1.807) is 13.2 Å². The van der Waals surface area contributed by atoms with Gasteiger partial charge in [0.05, 0.1) is 7.11 Å². The molecule has 1 saturated carbocycles. The largest absolute Gasteiger partial charge is 0.504 e. The van der Waals surface area contributed by atoms with Crippen LogP contribution in [0.25, 0.3) is 0 Å². The number of ether oxygens (including phenoxy) is 1. The Bertz CT molecular complexity index is 470. The van der Waals surface area contributed by atoms with E-state index < -0.39 is 0 Å². The van der Waals surface area contributed by atoms with Crippen molar-refractivity contribution in [2.24, 2.45) is 5.92 Å². The fourth-order valence-corrected chi connectivity index (χ4v) is 3.53. The summed E-state index contributed by atoms with van der Waals surface area (Å²) in [5, 5.41) is 10.8. The number of halogens is 1. The normalized spacial score (nSPS) is 22.5. The van der Waals surface area contributed by atoms with Gasteiger partial charge >= 0.3 is 0 Å². The van der Waals surface area contributed by atoms with Crippen molar-refractivity contribution in [2.75, 3.05) is 14.2 Å². The van der Waals surface area contributed by atoms with Gasteiger partial charge in [-0.05, 0) is 44.7 Å². The highest BCUT2D eigenvalue weighted by Gasteiger charge is 2.24. The number of aromatic hydroxyl groups is 1. The summed E-state index contributed by atoms with van der Waals surface area (Å²) in [6, 6.07) is 4.07. The molecule has 0 aromatic heterocycles. The van der Waals surface area contributed by atoms with Gasteiger partial charge in [0.25, 0.3) is 0 Å². The molecule has 1 aromatic carbocycles. The third kappa shape index (κ3) is 4.04. The van der Waals surface area contributed by atoms with E-state index in [2.05, 4.69) is 18.9 Å². The molecule has 1 N–H and O–H groups in total. The summed E-state index contributed by atoms with van der Waals surface area (Å²) in [4.78, 5) is 2.33. The quantitative estimate of drug-likeness (QED) is 0.871. The van der Waals surface area contributed by atoms with Crippen molar-refractivity contribution in [2.45, 2.75) is 51.6 Å². The Morgan fingerprint density at radius 2 is 1.95 bits per heavy atom. The minimum Gasteiger partial charge on any atom is -0.504 e. The Morgan fingerprint density at radius 1 is 1.29 bits per heavy atom. The standard InChI is InChI=1S/C17H26ClNO2/c1-4-12-5-7-15(8-6-12)19(2)11-13-9-14(18)10-16(21-3)17(13)20/h9-10,12,15,20H,4-8,11H2,1-3H3. The highest BCUT2D eigenvalue weighted by Crippen LogP contribution is 2.35. The van der Waals surface area contributed by atoms with E-state index in [4.69, 9.17) is 16.3 Å². The monoisotopic (exact) mass is 311 g/mol. The lowest BCUT2D eigenvalue weighted by molar-refractivity contribution is 0.156. The Labute approximate surface area is 132 Å². The van der Waals surface area contributed by atoms with Crippen LogP contribution >= 0.6 is 11.6 Å². The first kappa shape index (κ1) is 16.4. The maximum Gasteiger partial charge on any atom is 0.162 e. The lowest BCUT2D eigenvalue weighted by Crippen LogP contribution is -2.34. The van der Waals surface area contributed by atoms with Crippen LogP contribution in [0.15, 0.2) is 12.1 Å². The molecule has 118 valence electrons. The van der Waals surface area contributed by atoms with Crippen molar-refractivity contribution in [3.63, 3.8) is 0 Å². The first-order chi connectivity index (χ1) is 10.0. The maximum atomic E-state index is 10.2. The van der Waals surface area contributed by atoms with Crippen molar-refractivity contribution >= 4 is 11.6 Å². The molecule has 0 unspecified atom stereocenters. The molecule has 4 heteroatoms. The molecular weight excluding hydrogens is 286 g/mol. The van der Waals surface area contributed by atoms with E-state index in [1.807, 2.05) is 6.07 Å². The molecule has 1 aliphatic carbocycles. The van der Waals surface area contributed by atoms with Crippen LogP contribution < -0.4 is 4.74 Å². The number of phenols is 1. The highest BCUT2D eigenvalue weighted by atomic mass is 35.5. The van der Waals surface area contributed by atoms with E-state index in [0.29, 0.717) is 23.4 Å². The minimum absolute atomic E-state index is 0.205. The van der Waals surface area contributed by atoms with Gasteiger partial charge < -0.3 is 9.84 Å². The average molecular weight is 312 g/mol. The van der Waals surface area contributed by atoms with Crippen LogP contribution in [-0.2, 0) is 6.54 Å². The summed E-state index contributed by atoms with van der Waals surface area (Å²) in [6.45, 7) is 2.98. The Balaban J connectivity index is 2.03. The molecule has 0 radical (unpaired) electrons. The first-order valence-corrected chi connectivity index (χ1v) is 8.18. The molecule has 0 bridgehead atoms. The second kappa shape index (κ2) is 7.37. The Kier molecular flexibility index (Phi) is 5.77. The molecule has 1 fully saturated rings. The SMILES string of the molecule is CCC1CCC(N(C)Cc2cc(Cl)cc(OC)c2O)CC1. The van der Waals surface area contributed by atoms with Crippen LogP contribution in [0.4, 0.5) is 0 Å². The number of nitrogens with zero attached hydrogens (tertiary/aromatic N) is 1. The zero-order valence-corrected chi connectivity index (χ0v) is 14.0. The van der Waals surface area contributed by atoms with Crippen LogP contribution in [0.1, 0.15) is 44.6 Å². The summed E-state index contributed by atoms with van der Waals surface area (Å²) in [6.07, 6.45) is 6.41. The fourth-order valence-electron chi connectivity index (χ4n) is 3.30. The second-order valence-corrected chi connectivity index (χ2v) is 6.55. The molecular formula is C17H26ClNO2. The van der Waals surface area contributed by atoms with Crippen molar-refractivity contribution in [3.8, 4) is 11.5 Å². The Hall–Kier alpha value is -0.930. The number of hydrogen-bond acceptors (Lipinski definition) is 3. The van der Waals surface area contributed by atoms with E-state index in [0.717, 1.165) is 11.5 Å². The second-order valence-electron chi connectivity index (χ2n) is 6.11. The van der Waals surface area contributed by atoms with Crippen LogP contribution in [0, 0.1) is 5.92 Å². The Morgan fingerprint density at radius 3 is 2.52 bits per heavy atom. The highest BCUT2D eigenvalue weighted by molar-refractivity contribution is 6.30. The number of phenolic OH excluding ortho intramolecular Hbond substituents is 1. The molecule has 1 aromatic rings. The predicted molar refractivity (Wildman–Crippen MR) is 87.2 cm³/mol. The molecule has 3 nitrogen and oxygen atoms in total. The van der Waals surface area contributed by atoms with Crippen molar-refractivity contribution < 1.29 is 9.84 Å². The van der Waals surface area contributed by atoms with Gasteiger partial charge in [0, 0.05) is 29.2 Å². The number of hydrogen-bond donors (Lipinski definition) is 1. The molecule has 2 rings (SSSR count). The van der Waals surface area contributed by atoms with E-state index in [1.165, 1.54) is 32.1 Å². The summed E-state index contributed by atoms with van der Waals surface area (Å²) in [5.74, 6) is 1.55. The molecule has 0 saturated heterocycles. The molecule has 0 heterocycles. The zero-order valence-electron chi connectivity index (χ0n) is 13.2. The van der Waals surface area contributed by atoms with Crippen LogP contribution in [0.2, 0.25) is 5.02 Å². The van der Waals surface area contributed by atoms with Crippen LogP contribution in [-0.4, -0.2) is 30.2 Å². The maximum absolute atomic E-state index is 10.2. The summed E-state index contributed by atoms with van der Waals surface area (Å²) >= 11 is 6.10. The molecule has 0 aliphatic heterocycles. The fraction of sp³-hybridized carbons (Fsp3) is 0.647. The van der Waals surface area contributed by atoms with Gasteiger partial charge in [-0.2, -0.15) is 0 Å². The lowest BCUT2D eigenvalue weighted by Gasteiger charge is -2.34. The van der Waals surface area contributed by atoms with Crippen molar-refractivity contribution in [1.29, 1.82) is 0 Å². The van der Waals surface area contributed by atoms with Gasteiger partial charge in [0.15, 0.2) is 11.5 Å². The van der Waals surface area contributed by atoms with Crippen molar-refractivity contribution in [3.05, 3.63) is 22.7 Å². The van der Waals surface area contributed by atoms with Gasteiger partial charge in [0.1, 0.15) is 0 Å². The summed E-state index contributed by atoms with van der Waals surface area (Å²) in [5.41, 5.74) is 0.833. The van der Waals surface area contributed by atoms with Gasteiger partial charge in [-0.1, -0.05) is 24.9 Å². The van der Waals surface area contributed by atoms with E-state index in [9.17, 15) is 5.11 Å². The van der Waals surface area contributed by atoms with Gasteiger partial charge in [-0.3, -0.25) is 4.90 Å². The third-order valence-electron chi connectivity index (χ3n) is 4.78. The summed E-state index contributed by atoms with van der Waals surface area (Å²) < 4.78 is 5.17. The smallest absolute Gasteiger partial charge is 0.162 e. The minimum atomic E-state index is 0.205. The molecule has 0 amide bonds. The molecule has 0 atom stereocenters. The third-order valence-corrected chi connectivity index (χ3v) is 4.99. The number of benzene rings is 1. The van der Waals surface area contributed by atoms with Crippen molar-refractivity contribution in [1.82, 2.24) is 4.90 Å². The summed E-state index contributed by atoms with van der Waals surface area (Å²) in [7, 11) is 3.68. The predicted octanol–water partition coefficient (Wildman–Crippen LogP) is 4.45. The molecule has 21 heavy (non-hydrogen) atoms. The lowest BCUT2D eigenvalue weighted by atomic mass is 9.84. The van der Waals surface area contributed by atoms with Crippen LogP contribution in [0.3, 0.4) is 0 Å². The average Bonchev–Trinajstić information content (AvgIpc) is 2.50.